The van der Waals surface area contributed by atoms with E-state index in [2.05, 4.69) is 5.32 Å². The van der Waals surface area contributed by atoms with Crippen LogP contribution in [0.4, 0.5) is 4.39 Å². The van der Waals surface area contributed by atoms with Crippen molar-refractivity contribution in [3.05, 3.63) is 88.8 Å². The van der Waals surface area contributed by atoms with E-state index < -0.39 is 23.3 Å². The Morgan fingerprint density at radius 2 is 1.80 bits per heavy atom. The van der Waals surface area contributed by atoms with Crippen molar-refractivity contribution in [2.24, 2.45) is 17.1 Å². The van der Waals surface area contributed by atoms with Crippen LogP contribution >= 0.6 is 0 Å². The van der Waals surface area contributed by atoms with Crippen LogP contribution in [0.15, 0.2) is 71.8 Å². The summed E-state index contributed by atoms with van der Waals surface area (Å²) in [6, 6.07) is 13.7. The molecular weight excluding hydrogens is 521 g/mol. The van der Waals surface area contributed by atoms with E-state index in [1.807, 2.05) is 56.0 Å². The average Bonchev–Trinajstić information content (AvgIpc) is 2.95. The fourth-order valence-electron chi connectivity index (χ4n) is 5.74. The number of nitrogens with two attached hydrogens (primary N) is 1. The number of nitrogens with one attached hydrogen (secondary N) is 1. The molecule has 0 heterocycles. The van der Waals surface area contributed by atoms with Gasteiger partial charge in [-0.3, -0.25) is 9.59 Å². The monoisotopic (exact) mass is 565 g/mol. The van der Waals surface area contributed by atoms with E-state index in [0.717, 1.165) is 35.3 Å². The number of carbonyl (C=O) groups excluding carboxylic acids is 2. The molecule has 0 radical (unpaired) electrons. The second-order valence-electron chi connectivity index (χ2n) is 10.9. The molecular formula is C33H44FN3O4. The zero-order chi connectivity index (χ0) is 30.0. The van der Waals surface area contributed by atoms with Gasteiger partial charge in [0.2, 0.25) is 11.8 Å². The van der Waals surface area contributed by atoms with Crippen LogP contribution in [-0.4, -0.2) is 54.7 Å². The Balaban J connectivity index is 1.94. The van der Waals surface area contributed by atoms with Crippen LogP contribution in [0.1, 0.15) is 51.2 Å². The van der Waals surface area contributed by atoms with Gasteiger partial charge in [0.15, 0.2) is 0 Å². The predicted molar refractivity (Wildman–Crippen MR) is 160 cm³/mol. The summed E-state index contributed by atoms with van der Waals surface area (Å²) in [6.45, 7) is 7.78. The predicted octanol–water partition coefficient (Wildman–Crippen LogP) is 4.54. The highest BCUT2D eigenvalue weighted by atomic mass is 19.1. The summed E-state index contributed by atoms with van der Waals surface area (Å²) < 4.78 is 19.0. The van der Waals surface area contributed by atoms with Crippen molar-refractivity contribution in [2.75, 3.05) is 26.7 Å². The molecule has 0 fully saturated rings. The second kappa shape index (κ2) is 14.9. The largest absolute Gasteiger partial charge is 0.497 e. The molecule has 1 aliphatic rings. The third-order valence-corrected chi connectivity index (χ3v) is 7.69. The summed E-state index contributed by atoms with van der Waals surface area (Å²) in [7, 11) is 1.61. The van der Waals surface area contributed by atoms with Crippen molar-refractivity contribution in [2.45, 2.75) is 59.1 Å². The number of amides is 2. The van der Waals surface area contributed by atoms with Crippen molar-refractivity contribution in [1.82, 2.24) is 10.2 Å². The van der Waals surface area contributed by atoms with Crippen LogP contribution in [0, 0.1) is 17.2 Å². The molecule has 2 aromatic rings. The van der Waals surface area contributed by atoms with E-state index in [1.165, 1.54) is 12.1 Å². The first-order chi connectivity index (χ1) is 19.6. The maximum atomic E-state index is 13.7. The lowest BCUT2D eigenvalue weighted by Gasteiger charge is -2.42. The average molecular weight is 566 g/mol. The minimum absolute atomic E-state index is 0.0846. The molecule has 1 aliphatic carbocycles. The summed E-state index contributed by atoms with van der Waals surface area (Å²) in [5.74, 6) is -1.03. The third-order valence-electron chi connectivity index (χ3n) is 7.69. The van der Waals surface area contributed by atoms with Gasteiger partial charge in [0.1, 0.15) is 11.6 Å². The molecule has 0 aromatic heterocycles. The van der Waals surface area contributed by atoms with Gasteiger partial charge in [-0.2, -0.15) is 0 Å². The Morgan fingerprint density at radius 3 is 2.41 bits per heavy atom. The van der Waals surface area contributed by atoms with E-state index in [9.17, 15) is 19.1 Å². The number of ether oxygens (including phenoxy) is 1. The molecule has 8 heteroatoms. The molecule has 0 saturated carbocycles. The van der Waals surface area contributed by atoms with Gasteiger partial charge in [-0.25, -0.2) is 4.39 Å². The van der Waals surface area contributed by atoms with E-state index in [1.54, 1.807) is 25.3 Å². The number of hydrogen-bond donors (Lipinski definition) is 3. The Bertz CT molecular complexity index is 1240. The molecule has 0 saturated heterocycles. The normalized spacial score (nSPS) is 18.2. The quantitative estimate of drug-likeness (QED) is 0.294. The van der Waals surface area contributed by atoms with Gasteiger partial charge in [-0.15, -0.1) is 0 Å². The van der Waals surface area contributed by atoms with E-state index in [-0.39, 0.29) is 31.1 Å². The van der Waals surface area contributed by atoms with E-state index in [4.69, 9.17) is 10.5 Å². The number of aliphatic hydroxyl groups excluding tert-OH is 1. The lowest BCUT2D eigenvalue weighted by molar-refractivity contribution is -0.132. The third kappa shape index (κ3) is 8.27. The van der Waals surface area contributed by atoms with Gasteiger partial charge in [0.05, 0.1) is 18.6 Å². The fourth-order valence-corrected chi connectivity index (χ4v) is 5.74. The zero-order valence-corrected chi connectivity index (χ0v) is 24.7. The molecule has 3 rings (SSSR count). The van der Waals surface area contributed by atoms with Crippen LogP contribution in [0.3, 0.4) is 0 Å². The molecule has 1 unspecified atom stereocenters. The minimum Gasteiger partial charge on any atom is -0.497 e. The molecule has 4 N–H and O–H groups in total. The summed E-state index contributed by atoms with van der Waals surface area (Å²) in [5, 5.41) is 14.9. The molecule has 7 nitrogen and oxygen atoms in total. The first-order valence-electron chi connectivity index (χ1n) is 14.4. The molecule has 2 aromatic carbocycles. The first-order valence-corrected chi connectivity index (χ1v) is 14.4. The first kappa shape index (κ1) is 32.0. The number of aliphatic hydroxyl groups is 1. The van der Waals surface area contributed by atoms with Crippen LogP contribution in [0.2, 0.25) is 0 Å². The lowest BCUT2D eigenvalue weighted by Crippen LogP contribution is -2.51. The molecule has 222 valence electrons. The molecule has 2 amide bonds. The Labute approximate surface area is 243 Å². The van der Waals surface area contributed by atoms with E-state index >= 15 is 0 Å². The number of carbonyl (C=O) groups is 2. The van der Waals surface area contributed by atoms with E-state index in [0.29, 0.717) is 25.2 Å². The number of hydrogen-bond acceptors (Lipinski definition) is 5. The van der Waals surface area contributed by atoms with Crippen LogP contribution in [0.25, 0.3) is 0 Å². The number of methoxy groups -OCH3 is 1. The molecule has 41 heavy (non-hydrogen) atoms. The highest BCUT2D eigenvalue weighted by Crippen LogP contribution is 2.44. The zero-order valence-electron chi connectivity index (χ0n) is 24.7. The topological polar surface area (TPSA) is 105 Å². The summed E-state index contributed by atoms with van der Waals surface area (Å²) in [5.41, 5.74) is 7.81. The Morgan fingerprint density at radius 1 is 1.12 bits per heavy atom. The summed E-state index contributed by atoms with van der Waals surface area (Å²) in [6.07, 6.45) is 4.61. The maximum absolute atomic E-state index is 13.7. The van der Waals surface area contributed by atoms with Gasteiger partial charge in [-0.1, -0.05) is 55.8 Å². The molecule has 0 bridgehead atoms. The van der Waals surface area contributed by atoms with Gasteiger partial charge >= 0.3 is 0 Å². The number of halogens is 1. The summed E-state index contributed by atoms with van der Waals surface area (Å²) >= 11 is 0. The van der Waals surface area contributed by atoms with Crippen molar-refractivity contribution in [3.8, 4) is 5.75 Å². The lowest BCUT2D eigenvalue weighted by atomic mass is 9.63. The highest BCUT2D eigenvalue weighted by Gasteiger charge is 2.48. The summed E-state index contributed by atoms with van der Waals surface area (Å²) in [4.78, 5) is 28.9. The smallest absolute Gasteiger partial charge is 0.249 e. The van der Waals surface area contributed by atoms with Crippen molar-refractivity contribution in [1.29, 1.82) is 0 Å². The van der Waals surface area contributed by atoms with Crippen molar-refractivity contribution < 1.29 is 23.8 Å². The maximum Gasteiger partial charge on any atom is 0.249 e. The fraction of sp³-hybridized carbons (Fsp3) is 0.455. The van der Waals surface area contributed by atoms with Gasteiger partial charge in [-0.05, 0) is 68.0 Å². The highest BCUT2D eigenvalue weighted by molar-refractivity contribution is 5.96. The Kier molecular flexibility index (Phi) is 11.7. The number of benzene rings is 2. The van der Waals surface area contributed by atoms with Gasteiger partial charge in [0, 0.05) is 37.7 Å². The SMILES string of the molecule is CCCN(CCC)C(=O)C1=CC(C)=CC(C(N)=O)([C@H](Cc2ccc(F)cc2)[C@@H](O)CNCc2cccc(OC)c2)C1. The van der Waals surface area contributed by atoms with Crippen molar-refractivity contribution in [3.63, 3.8) is 0 Å². The number of rotatable bonds is 15. The molecule has 0 aliphatic heterocycles. The molecule has 3 atom stereocenters. The van der Waals surface area contributed by atoms with Gasteiger partial charge < -0.3 is 25.8 Å². The number of nitrogens with zero attached hydrogens (tertiary/aromatic N) is 1. The van der Waals surface area contributed by atoms with Gasteiger partial charge in [0.25, 0.3) is 0 Å². The second-order valence-corrected chi connectivity index (χ2v) is 10.9. The number of allylic oxidation sites excluding steroid dienone is 2. The molecule has 0 spiro atoms. The Hall–Kier alpha value is -3.49. The minimum atomic E-state index is -1.32. The van der Waals surface area contributed by atoms with Crippen LogP contribution < -0.4 is 15.8 Å². The standard InChI is InChI=1S/C33H44FN3O4/c1-5-14-37(15-6-2)31(39)26-16-23(3)19-33(20-26,32(35)40)29(18-24-10-12-27(34)13-11-24)30(38)22-36-21-25-8-7-9-28(17-25)41-4/h7-13,16-17,19,29-30,36,38H,5-6,14-15,18,20-22H2,1-4H3,(H2,35,40)/t29-,30+,33?/m1/s1. The van der Waals surface area contributed by atoms with Crippen LogP contribution in [-0.2, 0) is 22.6 Å². The van der Waals surface area contributed by atoms with Crippen LogP contribution in [0.5, 0.6) is 5.75 Å². The van der Waals surface area contributed by atoms with Crippen molar-refractivity contribution >= 4 is 11.8 Å². The number of primary amides is 1.